The van der Waals surface area contributed by atoms with Gasteiger partial charge in [0.25, 0.3) is 0 Å². The molecule has 1 heterocycles. The largest absolute Gasteiger partial charge is 0.383 e. The zero-order valence-electron chi connectivity index (χ0n) is 14.0. The van der Waals surface area contributed by atoms with Crippen molar-refractivity contribution in [1.29, 1.82) is 0 Å². The van der Waals surface area contributed by atoms with Crippen molar-refractivity contribution in [2.24, 2.45) is 5.73 Å². The van der Waals surface area contributed by atoms with Crippen LogP contribution in [0.25, 0.3) is 0 Å². The van der Waals surface area contributed by atoms with Gasteiger partial charge in [-0.1, -0.05) is 28.1 Å². The normalized spacial score (nSPS) is 17.4. The SMILES string of the molecule is COCC(N)C(=O)N1CCN(C(C)c2ccc(Br)cc2)CC1.Cl.Cl. The van der Waals surface area contributed by atoms with E-state index in [4.69, 9.17) is 10.5 Å². The minimum atomic E-state index is -0.555. The summed E-state index contributed by atoms with van der Waals surface area (Å²) in [5, 5.41) is 0. The Morgan fingerprint density at radius 2 is 1.75 bits per heavy atom. The highest BCUT2D eigenvalue weighted by Crippen LogP contribution is 2.23. The molecule has 2 rings (SSSR count). The van der Waals surface area contributed by atoms with Crippen molar-refractivity contribution in [3.63, 3.8) is 0 Å². The number of methoxy groups -OCH3 is 1. The van der Waals surface area contributed by atoms with Gasteiger partial charge in [-0.05, 0) is 24.6 Å². The molecule has 1 aromatic carbocycles. The number of carbonyl (C=O) groups is 1. The molecule has 1 aliphatic heterocycles. The Kier molecular flexibility index (Phi) is 11.1. The summed E-state index contributed by atoms with van der Waals surface area (Å²) in [7, 11) is 1.56. The number of benzene rings is 1. The van der Waals surface area contributed by atoms with Gasteiger partial charge >= 0.3 is 0 Å². The van der Waals surface area contributed by atoms with Gasteiger partial charge in [0.2, 0.25) is 5.91 Å². The highest BCUT2D eigenvalue weighted by atomic mass is 79.9. The van der Waals surface area contributed by atoms with Gasteiger partial charge in [-0.25, -0.2) is 0 Å². The second kappa shape index (κ2) is 11.3. The lowest BCUT2D eigenvalue weighted by Gasteiger charge is -2.39. The molecule has 1 fully saturated rings. The molecule has 24 heavy (non-hydrogen) atoms. The van der Waals surface area contributed by atoms with Crippen LogP contribution >= 0.6 is 40.7 Å². The molecule has 1 aromatic rings. The van der Waals surface area contributed by atoms with E-state index in [1.54, 1.807) is 7.11 Å². The summed E-state index contributed by atoms with van der Waals surface area (Å²) in [4.78, 5) is 16.4. The van der Waals surface area contributed by atoms with Gasteiger partial charge in [0, 0.05) is 43.8 Å². The molecule has 0 bridgehead atoms. The number of halogens is 3. The summed E-state index contributed by atoms with van der Waals surface area (Å²) in [6.07, 6.45) is 0. The van der Waals surface area contributed by atoms with E-state index in [-0.39, 0.29) is 37.3 Å². The summed E-state index contributed by atoms with van der Waals surface area (Å²) in [6, 6.07) is 8.20. The molecule has 0 aliphatic carbocycles. The number of rotatable bonds is 5. The van der Waals surface area contributed by atoms with Gasteiger partial charge < -0.3 is 15.4 Å². The minimum absolute atomic E-state index is 0. The topological polar surface area (TPSA) is 58.8 Å². The van der Waals surface area contributed by atoms with Crippen LogP contribution in [0.3, 0.4) is 0 Å². The molecule has 0 aromatic heterocycles. The molecule has 2 unspecified atom stereocenters. The van der Waals surface area contributed by atoms with Gasteiger partial charge in [-0.15, -0.1) is 24.8 Å². The van der Waals surface area contributed by atoms with Crippen molar-refractivity contribution < 1.29 is 9.53 Å². The number of hydrogen-bond donors (Lipinski definition) is 1. The Labute approximate surface area is 164 Å². The monoisotopic (exact) mass is 441 g/mol. The number of nitrogens with zero attached hydrogens (tertiary/aromatic N) is 2. The number of amides is 1. The molecule has 1 amide bonds. The average molecular weight is 443 g/mol. The molecule has 2 N–H and O–H groups in total. The van der Waals surface area contributed by atoms with Crippen LogP contribution < -0.4 is 5.73 Å². The maximum absolute atomic E-state index is 12.2. The third kappa shape index (κ3) is 6.17. The highest BCUT2D eigenvalue weighted by molar-refractivity contribution is 9.10. The van der Waals surface area contributed by atoms with E-state index >= 15 is 0 Å². The zero-order chi connectivity index (χ0) is 16.1. The molecule has 138 valence electrons. The minimum Gasteiger partial charge on any atom is -0.383 e. The maximum Gasteiger partial charge on any atom is 0.241 e. The van der Waals surface area contributed by atoms with Gasteiger partial charge in [0.15, 0.2) is 0 Å². The molecular formula is C16H26BrCl2N3O2. The lowest BCUT2D eigenvalue weighted by Crippen LogP contribution is -2.54. The number of hydrogen-bond acceptors (Lipinski definition) is 4. The summed E-state index contributed by atoms with van der Waals surface area (Å²) < 4.78 is 6.04. The third-order valence-corrected chi connectivity index (χ3v) is 4.72. The fourth-order valence-corrected chi connectivity index (χ4v) is 3.03. The van der Waals surface area contributed by atoms with E-state index in [2.05, 4.69) is 52.0 Å². The zero-order valence-corrected chi connectivity index (χ0v) is 17.2. The van der Waals surface area contributed by atoms with E-state index in [0.29, 0.717) is 6.04 Å². The van der Waals surface area contributed by atoms with Crippen LogP contribution in [0.5, 0.6) is 0 Å². The van der Waals surface area contributed by atoms with Crippen LogP contribution in [-0.2, 0) is 9.53 Å². The first-order valence-corrected chi connectivity index (χ1v) is 8.35. The van der Waals surface area contributed by atoms with E-state index in [9.17, 15) is 4.79 Å². The third-order valence-electron chi connectivity index (χ3n) is 4.19. The molecule has 5 nitrogen and oxygen atoms in total. The summed E-state index contributed by atoms with van der Waals surface area (Å²) >= 11 is 3.46. The van der Waals surface area contributed by atoms with E-state index < -0.39 is 6.04 Å². The van der Waals surface area contributed by atoms with E-state index in [1.165, 1.54) is 5.56 Å². The second-order valence-corrected chi connectivity index (χ2v) is 6.57. The molecule has 0 saturated carbocycles. The standard InChI is InChI=1S/C16H24BrN3O2.2ClH/c1-12(13-3-5-14(17)6-4-13)19-7-9-20(10-8-19)16(21)15(18)11-22-2;;/h3-6,12,15H,7-11,18H2,1-2H3;2*1H. The molecule has 1 saturated heterocycles. The summed E-state index contributed by atoms with van der Waals surface area (Å²) in [5.41, 5.74) is 7.11. The van der Waals surface area contributed by atoms with Crippen LogP contribution in [0.15, 0.2) is 28.7 Å². The summed E-state index contributed by atoms with van der Waals surface area (Å²) in [5.74, 6) is -0.0159. The Hall–Kier alpha value is -0.370. The molecule has 0 spiro atoms. The Morgan fingerprint density at radius 3 is 2.25 bits per heavy atom. The van der Waals surface area contributed by atoms with Crippen molar-refractivity contribution in [3.8, 4) is 0 Å². The summed E-state index contributed by atoms with van der Waals surface area (Å²) in [6.45, 7) is 5.64. The fraction of sp³-hybridized carbons (Fsp3) is 0.562. The van der Waals surface area contributed by atoms with Gasteiger partial charge in [0.05, 0.1) is 6.61 Å². The van der Waals surface area contributed by atoms with Crippen molar-refractivity contribution in [2.45, 2.75) is 19.0 Å². The number of nitrogens with two attached hydrogens (primary N) is 1. The van der Waals surface area contributed by atoms with Crippen molar-refractivity contribution in [2.75, 3.05) is 39.9 Å². The first-order valence-electron chi connectivity index (χ1n) is 7.55. The van der Waals surface area contributed by atoms with Crippen LogP contribution in [0, 0.1) is 0 Å². The lowest BCUT2D eigenvalue weighted by atomic mass is 10.1. The van der Waals surface area contributed by atoms with Gasteiger partial charge in [-0.3, -0.25) is 9.69 Å². The van der Waals surface area contributed by atoms with E-state index in [0.717, 1.165) is 30.7 Å². The smallest absolute Gasteiger partial charge is 0.241 e. The first-order chi connectivity index (χ1) is 10.5. The lowest BCUT2D eigenvalue weighted by molar-refractivity contribution is -0.135. The van der Waals surface area contributed by atoms with Gasteiger partial charge in [0.1, 0.15) is 6.04 Å². The molecule has 2 atom stereocenters. The number of ether oxygens (including phenoxy) is 1. The van der Waals surface area contributed by atoms with Crippen LogP contribution in [0.2, 0.25) is 0 Å². The van der Waals surface area contributed by atoms with Crippen LogP contribution in [-0.4, -0.2) is 61.6 Å². The van der Waals surface area contributed by atoms with Gasteiger partial charge in [-0.2, -0.15) is 0 Å². The fourth-order valence-electron chi connectivity index (χ4n) is 2.77. The Morgan fingerprint density at radius 1 is 1.21 bits per heavy atom. The molecule has 1 aliphatic rings. The number of carbonyl (C=O) groups excluding carboxylic acids is 1. The second-order valence-electron chi connectivity index (χ2n) is 5.65. The Bertz CT molecular complexity index is 497. The quantitative estimate of drug-likeness (QED) is 0.760. The van der Waals surface area contributed by atoms with E-state index in [1.807, 2.05) is 4.90 Å². The maximum atomic E-state index is 12.2. The molecule has 8 heteroatoms. The number of piperazine rings is 1. The van der Waals surface area contributed by atoms with Crippen molar-refractivity contribution >= 4 is 46.7 Å². The molecular weight excluding hydrogens is 417 g/mol. The highest BCUT2D eigenvalue weighted by Gasteiger charge is 2.27. The Balaban J connectivity index is 0.00000264. The first kappa shape index (κ1) is 23.6. The van der Waals surface area contributed by atoms with Crippen molar-refractivity contribution in [3.05, 3.63) is 34.3 Å². The molecule has 0 radical (unpaired) electrons. The van der Waals surface area contributed by atoms with Crippen LogP contribution in [0.1, 0.15) is 18.5 Å². The predicted molar refractivity (Wildman–Crippen MR) is 105 cm³/mol. The van der Waals surface area contributed by atoms with Crippen molar-refractivity contribution in [1.82, 2.24) is 9.80 Å². The average Bonchev–Trinajstić information content (AvgIpc) is 2.54. The predicted octanol–water partition coefficient (Wildman–Crippen LogP) is 2.47. The van der Waals surface area contributed by atoms with Crippen LogP contribution in [0.4, 0.5) is 0 Å².